The standard InChI is InChI=1S/C25H25N3O4S2/c1-15-4-6-18(7-5-15)21-12-33-25-23(21)24(26-14-27-25)32-11-22(29)20-10-16(2)28(17(20)3)19-8-9-34(30,31)13-19/h4-7,10,12,14,19H,8-9,11,13H2,1-3H3. The number of aryl methyl sites for hydroxylation is 2. The van der Waals surface area contributed by atoms with Crippen molar-refractivity contribution in [2.75, 3.05) is 18.1 Å². The summed E-state index contributed by atoms with van der Waals surface area (Å²) < 4.78 is 31.8. The topological polar surface area (TPSA) is 91.2 Å². The summed E-state index contributed by atoms with van der Waals surface area (Å²) in [5.41, 5.74) is 5.40. The Kier molecular flexibility index (Phi) is 5.77. The number of benzene rings is 1. The van der Waals surface area contributed by atoms with Crippen LogP contribution in [0.15, 0.2) is 42.0 Å². The number of carbonyl (C=O) groups excluding carboxylic acids is 1. The van der Waals surface area contributed by atoms with Gasteiger partial charge in [-0.15, -0.1) is 11.3 Å². The number of ketones is 1. The maximum atomic E-state index is 13.1. The molecule has 0 radical (unpaired) electrons. The van der Waals surface area contributed by atoms with Crippen molar-refractivity contribution in [1.82, 2.24) is 14.5 Å². The molecule has 9 heteroatoms. The first-order chi connectivity index (χ1) is 16.2. The van der Waals surface area contributed by atoms with Gasteiger partial charge in [0.15, 0.2) is 16.4 Å². The minimum atomic E-state index is -3.02. The number of fused-ring (bicyclic) bond motifs is 1. The van der Waals surface area contributed by atoms with Gasteiger partial charge in [0.2, 0.25) is 11.7 Å². The SMILES string of the molecule is Cc1ccc(-c2csc3ncnc(OCC(=O)c4cc(C)n(C5CCS(=O)(=O)C5)c4C)c23)cc1. The van der Waals surface area contributed by atoms with Crippen molar-refractivity contribution in [3.63, 3.8) is 0 Å². The number of aromatic nitrogens is 3. The summed E-state index contributed by atoms with van der Waals surface area (Å²) in [6.45, 7) is 5.65. The van der Waals surface area contributed by atoms with Crippen LogP contribution in [0.5, 0.6) is 5.88 Å². The van der Waals surface area contributed by atoms with Crippen LogP contribution in [-0.4, -0.2) is 46.8 Å². The molecule has 0 N–H and O–H groups in total. The number of nitrogens with zero attached hydrogens (tertiary/aromatic N) is 3. The van der Waals surface area contributed by atoms with Crippen molar-refractivity contribution in [3.8, 4) is 17.0 Å². The van der Waals surface area contributed by atoms with Crippen LogP contribution in [0.1, 0.15) is 39.8 Å². The predicted octanol–water partition coefficient (Wildman–Crippen LogP) is 4.71. The predicted molar refractivity (Wildman–Crippen MR) is 134 cm³/mol. The number of thiophene rings is 1. The molecule has 1 aliphatic heterocycles. The van der Waals surface area contributed by atoms with E-state index in [2.05, 4.69) is 34.2 Å². The first-order valence-electron chi connectivity index (χ1n) is 11.1. The van der Waals surface area contributed by atoms with Crippen LogP contribution >= 0.6 is 11.3 Å². The van der Waals surface area contributed by atoms with E-state index >= 15 is 0 Å². The smallest absolute Gasteiger partial charge is 0.226 e. The minimum absolute atomic E-state index is 0.117. The Morgan fingerprint density at radius 3 is 2.65 bits per heavy atom. The number of hydrogen-bond donors (Lipinski definition) is 0. The van der Waals surface area contributed by atoms with Gasteiger partial charge in [0.1, 0.15) is 11.2 Å². The van der Waals surface area contributed by atoms with E-state index in [1.807, 2.05) is 36.8 Å². The van der Waals surface area contributed by atoms with Gasteiger partial charge in [0.05, 0.1) is 16.9 Å². The summed E-state index contributed by atoms with van der Waals surface area (Å²) in [5, 5.41) is 2.83. The fourth-order valence-corrected chi connectivity index (χ4v) is 7.32. The average Bonchev–Trinajstić information content (AvgIpc) is 3.47. The zero-order chi connectivity index (χ0) is 24.0. The third kappa shape index (κ3) is 4.14. The first kappa shape index (κ1) is 22.7. The second kappa shape index (κ2) is 8.63. The lowest BCUT2D eigenvalue weighted by Crippen LogP contribution is -2.16. The molecule has 1 aliphatic rings. The highest BCUT2D eigenvalue weighted by Gasteiger charge is 2.31. The van der Waals surface area contributed by atoms with Crippen molar-refractivity contribution in [1.29, 1.82) is 0 Å². The summed E-state index contributed by atoms with van der Waals surface area (Å²) in [6.07, 6.45) is 2.02. The second-order valence-electron chi connectivity index (χ2n) is 8.80. The average molecular weight is 496 g/mol. The molecule has 4 aromatic rings. The van der Waals surface area contributed by atoms with Crippen LogP contribution in [0, 0.1) is 20.8 Å². The second-order valence-corrected chi connectivity index (χ2v) is 11.9. The number of sulfone groups is 1. The van der Waals surface area contributed by atoms with Gasteiger partial charge >= 0.3 is 0 Å². The lowest BCUT2D eigenvalue weighted by molar-refractivity contribution is 0.0918. The van der Waals surface area contributed by atoms with Crippen LogP contribution in [0.3, 0.4) is 0 Å². The van der Waals surface area contributed by atoms with Gasteiger partial charge in [0, 0.05) is 33.9 Å². The molecule has 7 nitrogen and oxygen atoms in total. The zero-order valence-electron chi connectivity index (χ0n) is 19.2. The third-order valence-corrected chi connectivity index (χ3v) is 9.03. The van der Waals surface area contributed by atoms with Gasteiger partial charge in [-0.05, 0) is 38.8 Å². The van der Waals surface area contributed by atoms with Crippen molar-refractivity contribution in [2.24, 2.45) is 0 Å². The van der Waals surface area contributed by atoms with Crippen LogP contribution in [0.2, 0.25) is 0 Å². The Balaban J connectivity index is 1.40. The normalized spacial score (nSPS) is 17.3. The molecule has 1 saturated heterocycles. The van der Waals surface area contributed by atoms with E-state index in [4.69, 9.17) is 4.74 Å². The van der Waals surface area contributed by atoms with Crippen molar-refractivity contribution < 1.29 is 17.9 Å². The molecule has 1 fully saturated rings. The molecular weight excluding hydrogens is 470 g/mol. The Hall–Kier alpha value is -3.04. The summed E-state index contributed by atoms with van der Waals surface area (Å²) in [7, 11) is -3.02. The fourth-order valence-electron chi connectivity index (χ4n) is 4.71. The highest BCUT2D eigenvalue weighted by molar-refractivity contribution is 7.91. The van der Waals surface area contributed by atoms with Crippen LogP contribution < -0.4 is 4.74 Å². The highest BCUT2D eigenvalue weighted by Crippen LogP contribution is 2.37. The molecule has 0 amide bonds. The van der Waals surface area contributed by atoms with Crippen LogP contribution in [-0.2, 0) is 9.84 Å². The quantitative estimate of drug-likeness (QED) is 0.360. The van der Waals surface area contributed by atoms with Gasteiger partial charge in [-0.25, -0.2) is 18.4 Å². The van der Waals surface area contributed by atoms with E-state index in [1.165, 1.54) is 23.2 Å². The van der Waals surface area contributed by atoms with Crippen molar-refractivity contribution >= 4 is 37.2 Å². The molecule has 1 atom stereocenters. The van der Waals surface area contributed by atoms with Gasteiger partial charge in [0.25, 0.3) is 0 Å². The van der Waals surface area contributed by atoms with Gasteiger partial charge in [-0.1, -0.05) is 29.8 Å². The summed E-state index contributed by atoms with van der Waals surface area (Å²) >= 11 is 1.51. The maximum Gasteiger partial charge on any atom is 0.226 e. The van der Waals surface area contributed by atoms with E-state index in [0.717, 1.165) is 32.7 Å². The summed E-state index contributed by atoms with van der Waals surface area (Å²) in [6, 6.07) is 9.91. The van der Waals surface area contributed by atoms with E-state index in [-0.39, 0.29) is 29.9 Å². The molecule has 0 spiro atoms. The Morgan fingerprint density at radius 1 is 1.18 bits per heavy atom. The first-order valence-corrected chi connectivity index (χ1v) is 13.8. The molecule has 0 saturated carbocycles. The minimum Gasteiger partial charge on any atom is -0.469 e. The lowest BCUT2D eigenvalue weighted by Gasteiger charge is -2.16. The van der Waals surface area contributed by atoms with E-state index in [0.29, 0.717) is 17.9 Å². The number of rotatable bonds is 6. The zero-order valence-corrected chi connectivity index (χ0v) is 20.9. The largest absolute Gasteiger partial charge is 0.469 e. The third-order valence-electron chi connectivity index (χ3n) is 6.40. The van der Waals surface area contributed by atoms with E-state index < -0.39 is 9.84 Å². The highest BCUT2D eigenvalue weighted by atomic mass is 32.2. The number of hydrogen-bond acceptors (Lipinski definition) is 7. The van der Waals surface area contributed by atoms with Crippen molar-refractivity contribution in [3.05, 3.63) is 64.6 Å². The molecule has 1 aromatic carbocycles. The maximum absolute atomic E-state index is 13.1. The molecule has 34 heavy (non-hydrogen) atoms. The monoisotopic (exact) mass is 495 g/mol. The van der Waals surface area contributed by atoms with Gasteiger partial charge < -0.3 is 9.30 Å². The lowest BCUT2D eigenvalue weighted by atomic mass is 10.0. The summed E-state index contributed by atoms with van der Waals surface area (Å²) in [4.78, 5) is 22.6. The van der Waals surface area contributed by atoms with Crippen LogP contribution in [0.4, 0.5) is 0 Å². The molecule has 4 heterocycles. The number of Topliss-reactive ketones (excluding diaryl/α,β-unsaturated/α-hetero) is 1. The van der Waals surface area contributed by atoms with E-state index in [9.17, 15) is 13.2 Å². The van der Waals surface area contributed by atoms with Crippen LogP contribution in [0.25, 0.3) is 21.3 Å². The molecular formula is C25H25N3O4S2. The fraction of sp³-hybridized carbons (Fsp3) is 0.320. The van der Waals surface area contributed by atoms with E-state index in [1.54, 1.807) is 0 Å². The Morgan fingerprint density at radius 2 is 1.94 bits per heavy atom. The molecule has 0 aliphatic carbocycles. The number of carbonyl (C=O) groups is 1. The molecule has 1 unspecified atom stereocenters. The van der Waals surface area contributed by atoms with Crippen molar-refractivity contribution in [2.45, 2.75) is 33.2 Å². The van der Waals surface area contributed by atoms with Gasteiger partial charge in [-0.2, -0.15) is 0 Å². The molecule has 3 aromatic heterocycles. The Labute approximate surface area is 202 Å². The number of ether oxygens (including phenoxy) is 1. The summed E-state index contributed by atoms with van der Waals surface area (Å²) in [5.74, 6) is 0.520. The van der Waals surface area contributed by atoms with Gasteiger partial charge in [-0.3, -0.25) is 4.79 Å². The molecule has 5 rings (SSSR count). The molecule has 0 bridgehead atoms. The molecule has 176 valence electrons. The Bertz CT molecular complexity index is 1500.